The van der Waals surface area contributed by atoms with Crippen molar-refractivity contribution in [1.82, 2.24) is 0 Å². The van der Waals surface area contributed by atoms with Crippen LogP contribution < -0.4 is 0 Å². The van der Waals surface area contributed by atoms with Crippen molar-refractivity contribution in [3.8, 4) is 0 Å². The SMILES string of the molecule is CC1CCC(F)[C@@H](Cl)CC1C. The molecule has 0 N–H and O–H groups in total. The number of hydrogen-bond donors (Lipinski definition) is 0. The highest BCUT2D eigenvalue weighted by Gasteiger charge is 2.27. The Morgan fingerprint density at radius 3 is 2.45 bits per heavy atom. The molecule has 1 aliphatic carbocycles. The Labute approximate surface area is 73.1 Å². The number of rotatable bonds is 0. The van der Waals surface area contributed by atoms with Crippen LogP contribution in [0.3, 0.4) is 0 Å². The lowest BCUT2D eigenvalue weighted by atomic mass is 9.92. The van der Waals surface area contributed by atoms with Gasteiger partial charge in [0.15, 0.2) is 0 Å². The molecule has 0 saturated heterocycles. The molecule has 0 amide bonds. The molecule has 1 aliphatic rings. The van der Waals surface area contributed by atoms with Crippen LogP contribution in [0.5, 0.6) is 0 Å². The first-order valence-electron chi connectivity index (χ1n) is 4.39. The lowest BCUT2D eigenvalue weighted by Crippen LogP contribution is -2.15. The number of hydrogen-bond acceptors (Lipinski definition) is 0. The molecule has 4 atom stereocenters. The van der Waals surface area contributed by atoms with E-state index in [0.29, 0.717) is 18.3 Å². The number of alkyl halides is 2. The molecule has 0 bridgehead atoms. The quantitative estimate of drug-likeness (QED) is 0.394. The van der Waals surface area contributed by atoms with Gasteiger partial charge in [-0.3, -0.25) is 0 Å². The predicted octanol–water partition coefficient (Wildman–Crippen LogP) is 3.39. The first-order chi connectivity index (χ1) is 5.11. The fourth-order valence-corrected chi connectivity index (χ4v) is 2.03. The summed E-state index contributed by atoms with van der Waals surface area (Å²) in [5.41, 5.74) is 0. The highest BCUT2D eigenvalue weighted by molar-refractivity contribution is 6.21. The molecule has 0 spiro atoms. The third-order valence-electron chi connectivity index (χ3n) is 2.86. The summed E-state index contributed by atoms with van der Waals surface area (Å²) in [5, 5.41) is -0.241. The third kappa shape index (κ3) is 2.33. The van der Waals surface area contributed by atoms with E-state index in [4.69, 9.17) is 11.6 Å². The van der Waals surface area contributed by atoms with Gasteiger partial charge in [0.2, 0.25) is 0 Å². The van der Waals surface area contributed by atoms with Crippen LogP contribution in [0.1, 0.15) is 33.1 Å². The van der Waals surface area contributed by atoms with E-state index in [1.54, 1.807) is 0 Å². The van der Waals surface area contributed by atoms with Gasteiger partial charge >= 0.3 is 0 Å². The second kappa shape index (κ2) is 3.75. The largest absolute Gasteiger partial charge is 0.246 e. The summed E-state index contributed by atoms with van der Waals surface area (Å²) in [5.74, 6) is 1.22. The van der Waals surface area contributed by atoms with Gasteiger partial charge in [-0.1, -0.05) is 13.8 Å². The molecular formula is C9H16ClF. The highest BCUT2D eigenvalue weighted by Crippen LogP contribution is 2.32. The van der Waals surface area contributed by atoms with Gasteiger partial charge in [0.25, 0.3) is 0 Å². The van der Waals surface area contributed by atoms with Gasteiger partial charge in [-0.25, -0.2) is 4.39 Å². The number of halogens is 2. The van der Waals surface area contributed by atoms with Crippen LogP contribution in [0.2, 0.25) is 0 Å². The Morgan fingerprint density at radius 2 is 1.82 bits per heavy atom. The van der Waals surface area contributed by atoms with Crippen LogP contribution in [0.25, 0.3) is 0 Å². The van der Waals surface area contributed by atoms with Gasteiger partial charge in [0.1, 0.15) is 6.17 Å². The van der Waals surface area contributed by atoms with Crippen LogP contribution >= 0.6 is 11.6 Å². The zero-order valence-electron chi connectivity index (χ0n) is 7.19. The summed E-state index contributed by atoms with van der Waals surface area (Å²) in [6, 6.07) is 0. The normalized spacial score (nSPS) is 46.9. The van der Waals surface area contributed by atoms with E-state index in [2.05, 4.69) is 13.8 Å². The van der Waals surface area contributed by atoms with Gasteiger partial charge < -0.3 is 0 Å². The molecule has 0 aromatic heterocycles. The van der Waals surface area contributed by atoms with Crippen LogP contribution in [0, 0.1) is 11.8 Å². The summed E-state index contributed by atoms with van der Waals surface area (Å²) >= 11 is 5.86. The molecule has 0 aromatic carbocycles. The molecule has 0 aliphatic heterocycles. The van der Waals surface area contributed by atoms with Crippen molar-refractivity contribution in [3.05, 3.63) is 0 Å². The minimum absolute atomic E-state index is 0.241. The third-order valence-corrected chi connectivity index (χ3v) is 3.31. The standard InChI is InChI=1S/C9H16ClF/c1-6-3-4-9(11)8(10)5-7(6)2/h6-9H,3-5H2,1-2H3/t6?,7?,8-,9?/m0/s1. The molecule has 1 fully saturated rings. The van der Waals surface area contributed by atoms with Gasteiger partial charge in [0.05, 0.1) is 5.38 Å². The Balaban J connectivity index is 2.51. The summed E-state index contributed by atoms with van der Waals surface area (Å²) in [6.45, 7) is 4.35. The van der Waals surface area contributed by atoms with Crippen molar-refractivity contribution >= 4 is 11.6 Å². The minimum atomic E-state index is -0.774. The average molecular weight is 179 g/mol. The van der Waals surface area contributed by atoms with Crippen LogP contribution in [0.15, 0.2) is 0 Å². The van der Waals surface area contributed by atoms with E-state index in [9.17, 15) is 4.39 Å². The molecule has 0 aromatic rings. The lowest BCUT2D eigenvalue weighted by molar-refractivity contribution is 0.302. The zero-order valence-corrected chi connectivity index (χ0v) is 7.94. The van der Waals surface area contributed by atoms with Gasteiger partial charge in [-0.05, 0) is 31.1 Å². The zero-order chi connectivity index (χ0) is 8.43. The van der Waals surface area contributed by atoms with E-state index >= 15 is 0 Å². The van der Waals surface area contributed by atoms with Gasteiger partial charge in [-0.15, -0.1) is 11.6 Å². The maximum Gasteiger partial charge on any atom is 0.116 e. The monoisotopic (exact) mass is 178 g/mol. The van der Waals surface area contributed by atoms with Crippen LogP contribution in [-0.2, 0) is 0 Å². The van der Waals surface area contributed by atoms with E-state index in [1.807, 2.05) is 0 Å². The van der Waals surface area contributed by atoms with Crippen LogP contribution in [-0.4, -0.2) is 11.5 Å². The summed E-state index contributed by atoms with van der Waals surface area (Å²) in [6.07, 6.45) is 1.71. The second-order valence-corrected chi connectivity index (χ2v) is 4.36. The van der Waals surface area contributed by atoms with Crippen LogP contribution in [0.4, 0.5) is 4.39 Å². The van der Waals surface area contributed by atoms with Crippen molar-refractivity contribution in [2.75, 3.05) is 0 Å². The second-order valence-electron chi connectivity index (χ2n) is 3.80. The van der Waals surface area contributed by atoms with Gasteiger partial charge in [0, 0.05) is 0 Å². The van der Waals surface area contributed by atoms with Crippen molar-refractivity contribution in [2.45, 2.75) is 44.7 Å². The molecule has 0 heterocycles. The Bertz CT molecular complexity index is 113. The molecule has 0 nitrogen and oxygen atoms in total. The Hall–Kier alpha value is 0.220. The molecule has 2 heteroatoms. The van der Waals surface area contributed by atoms with E-state index < -0.39 is 6.17 Å². The van der Waals surface area contributed by atoms with Crippen molar-refractivity contribution in [3.63, 3.8) is 0 Å². The summed E-state index contributed by atoms with van der Waals surface area (Å²) < 4.78 is 13.1. The maximum atomic E-state index is 13.1. The smallest absolute Gasteiger partial charge is 0.116 e. The molecule has 11 heavy (non-hydrogen) atoms. The molecular weight excluding hydrogens is 163 g/mol. The maximum absolute atomic E-state index is 13.1. The van der Waals surface area contributed by atoms with Gasteiger partial charge in [-0.2, -0.15) is 0 Å². The van der Waals surface area contributed by atoms with Crippen molar-refractivity contribution < 1.29 is 4.39 Å². The topological polar surface area (TPSA) is 0 Å². The lowest BCUT2D eigenvalue weighted by Gasteiger charge is -2.16. The first kappa shape index (κ1) is 9.31. The predicted molar refractivity (Wildman–Crippen MR) is 46.7 cm³/mol. The molecule has 1 rings (SSSR count). The van der Waals surface area contributed by atoms with E-state index in [0.717, 1.165) is 12.8 Å². The Morgan fingerprint density at radius 1 is 1.18 bits per heavy atom. The summed E-state index contributed by atoms with van der Waals surface area (Å²) in [4.78, 5) is 0. The first-order valence-corrected chi connectivity index (χ1v) is 4.83. The minimum Gasteiger partial charge on any atom is -0.246 e. The Kier molecular flexibility index (Phi) is 3.17. The molecule has 3 unspecified atom stereocenters. The fraction of sp³-hybridized carbons (Fsp3) is 1.00. The van der Waals surface area contributed by atoms with E-state index in [-0.39, 0.29) is 5.38 Å². The average Bonchev–Trinajstić information content (AvgIpc) is 2.05. The molecule has 0 radical (unpaired) electrons. The highest BCUT2D eigenvalue weighted by atomic mass is 35.5. The molecule has 66 valence electrons. The molecule has 1 saturated carbocycles. The van der Waals surface area contributed by atoms with Crippen molar-refractivity contribution in [1.29, 1.82) is 0 Å². The summed E-state index contributed by atoms with van der Waals surface area (Å²) in [7, 11) is 0. The van der Waals surface area contributed by atoms with E-state index in [1.165, 1.54) is 0 Å². The van der Waals surface area contributed by atoms with Crippen molar-refractivity contribution in [2.24, 2.45) is 11.8 Å². The fourth-order valence-electron chi connectivity index (χ4n) is 1.62.